The summed E-state index contributed by atoms with van der Waals surface area (Å²) >= 11 is 1.55. The molecule has 0 spiro atoms. The van der Waals surface area contributed by atoms with Gasteiger partial charge in [0.05, 0.1) is 11.3 Å². The zero-order valence-corrected chi connectivity index (χ0v) is 15.1. The molecule has 0 saturated heterocycles. The van der Waals surface area contributed by atoms with Crippen LogP contribution in [0.5, 0.6) is 5.75 Å². The third kappa shape index (κ3) is 4.01. The Hall–Kier alpha value is -2.90. The molecule has 1 aromatic heterocycles. The molecule has 1 aliphatic rings. The van der Waals surface area contributed by atoms with Crippen molar-refractivity contribution in [1.82, 2.24) is 4.98 Å². The maximum atomic E-state index is 9.49. The first kappa shape index (κ1) is 16.6. The van der Waals surface area contributed by atoms with Crippen molar-refractivity contribution < 1.29 is 4.74 Å². The van der Waals surface area contributed by atoms with Crippen LogP contribution in [0.1, 0.15) is 40.6 Å². The largest absolute Gasteiger partial charge is 0.489 e. The van der Waals surface area contributed by atoms with Gasteiger partial charge in [0.2, 0.25) is 0 Å². The summed E-state index contributed by atoms with van der Waals surface area (Å²) in [4.78, 5) is 4.62. The molecule has 1 fully saturated rings. The van der Waals surface area contributed by atoms with Crippen molar-refractivity contribution >= 4 is 23.0 Å². The lowest BCUT2D eigenvalue weighted by atomic mass is 10.1. The van der Waals surface area contributed by atoms with E-state index < -0.39 is 0 Å². The summed E-state index contributed by atoms with van der Waals surface area (Å²) in [5, 5.41) is 12.4. The topological polar surface area (TPSA) is 45.9 Å². The second kappa shape index (κ2) is 7.55. The molecule has 3 aromatic rings. The number of hydrogen-bond donors (Lipinski definition) is 0. The predicted octanol–water partition coefficient (Wildman–Crippen LogP) is 5.66. The SMILES string of the molecule is N#CC(=Cc1ccc(OCc2ccccc2)cc1)c1nc(C2CC2)cs1. The van der Waals surface area contributed by atoms with Crippen molar-refractivity contribution in [2.24, 2.45) is 0 Å². The predicted molar refractivity (Wildman–Crippen MR) is 105 cm³/mol. The Kier molecular flexibility index (Phi) is 4.81. The molecule has 0 bridgehead atoms. The number of aromatic nitrogens is 1. The summed E-state index contributed by atoms with van der Waals surface area (Å²) in [5.41, 5.74) is 3.85. The Morgan fingerprint density at radius 2 is 1.92 bits per heavy atom. The van der Waals surface area contributed by atoms with E-state index in [0.717, 1.165) is 27.6 Å². The molecule has 26 heavy (non-hydrogen) atoms. The molecule has 2 aromatic carbocycles. The van der Waals surface area contributed by atoms with Gasteiger partial charge in [-0.05, 0) is 42.2 Å². The van der Waals surface area contributed by atoms with Gasteiger partial charge < -0.3 is 4.74 Å². The molecule has 0 N–H and O–H groups in total. The average Bonchev–Trinajstić information content (AvgIpc) is 3.43. The first-order valence-electron chi connectivity index (χ1n) is 8.66. The third-order valence-corrected chi connectivity index (χ3v) is 5.20. The molecule has 0 radical (unpaired) electrons. The van der Waals surface area contributed by atoms with Gasteiger partial charge in [0.25, 0.3) is 0 Å². The van der Waals surface area contributed by atoms with Crippen LogP contribution in [0.4, 0.5) is 0 Å². The molecular weight excluding hydrogens is 340 g/mol. The Bertz CT molecular complexity index is 948. The van der Waals surface area contributed by atoms with Crippen molar-refractivity contribution in [1.29, 1.82) is 5.26 Å². The molecule has 0 aliphatic heterocycles. The molecule has 1 saturated carbocycles. The first-order chi connectivity index (χ1) is 12.8. The maximum absolute atomic E-state index is 9.49. The summed E-state index contributed by atoms with van der Waals surface area (Å²) in [5.74, 6) is 1.43. The lowest BCUT2D eigenvalue weighted by Crippen LogP contribution is -1.94. The van der Waals surface area contributed by atoms with Gasteiger partial charge in [-0.3, -0.25) is 0 Å². The average molecular weight is 358 g/mol. The van der Waals surface area contributed by atoms with Crippen LogP contribution >= 0.6 is 11.3 Å². The zero-order chi connectivity index (χ0) is 17.8. The lowest BCUT2D eigenvalue weighted by molar-refractivity contribution is 0.306. The molecular formula is C22H18N2OS. The second-order valence-electron chi connectivity index (χ2n) is 6.36. The number of benzene rings is 2. The van der Waals surface area contributed by atoms with Crippen LogP contribution in [0.25, 0.3) is 11.6 Å². The smallest absolute Gasteiger partial charge is 0.134 e. The van der Waals surface area contributed by atoms with Crippen LogP contribution in [0, 0.1) is 11.3 Å². The number of nitrogens with zero attached hydrogens (tertiary/aromatic N) is 2. The number of allylic oxidation sites excluding steroid dienone is 1. The van der Waals surface area contributed by atoms with E-state index in [1.165, 1.54) is 12.8 Å². The molecule has 128 valence electrons. The van der Waals surface area contributed by atoms with Crippen molar-refractivity contribution in [2.45, 2.75) is 25.4 Å². The van der Waals surface area contributed by atoms with E-state index in [9.17, 15) is 5.26 Å². The van der Waals surface area contributed by atoms with Crippen LogP contribution in [0.2, 0.25) is 0 Å². The highest BCUT2D eigenvalue weighted by Gasteiger charge is 2.26. The quantitative estimate of drug-likeness (QED) is 0.534. The highest BCUT2D eigenvalue weighted by molar-refractivity contribution is 7.11. The monoisotopic (exact) mass is 358 g/mol. The molecule has 0 atom stereocenters. The summed E-state index contributed by atoms with van der Waals surface area (Å²) in [6, 6.07) is 20.2. The van der Waals surface area contributed by atoms with Crippen LogP contribution in [-0.2, 0) is 6.61 Å². The van der Waals surface area contributed by atoms with E-state index in [4.69, 9.17) is 4.74 Å². The fraction of sp³-hybridized carbons (Fsp3) is 0.182. The highest BCUT2D eigenvalue weighted by atomic mass is 32.1. The summed E-state index contributed by atoms with van der Waals surface area (Å²) in [6.45, 7) is 0.544. The molecule has 3 nitrogen and oxygen atoms in total. The molecule has 0 unspecified atom stereocenters. The van der Waals surface area contributed by atoms with E-state index in [2.05, 4.69) is 16.4 Å². The molecule has 0 amide bonds. The van der Waals surface area contributed by atoms with Gasteiger partial charge in [-0.15, -0.1) is 11.3 Å². The van der Waals surface area contributed by atoms with Crippen LogP contribution in [0.3, 0.4) is 0 Å². The number of thiazole rings is 1. The normalized spacial score (nSPS) is 14.0. The highest BCUT2D eigenvalue weighted by Crippen LogP contribution is 2.40. The van der Waals surface area contributed by atoms with Gasteiger partial charge in [-0.2, -0.15) is 5.26 Å². The van der Waals surface area contributed by atoms with Gasteiger partial charge >= 0.3 is 0 Å². The van der Waals surface area contributed by atoms with Gasteiger partial charge in [-0.25, -0.2) is 4.98 Å². The van der Waals surface area contributed by atoms with Crippen molar-refractivity contribution in [3.05, 3.63) is 81.8 Å². The Labute approximate surface area is 157 Å². The number of ether oxygens (including phenoxy) is 1. The Balaban J connectivity index is 1.44. The minimum atomic E-state index is 0.544. The number of hydrogen-bond acceptors (Lipinski definition) is 4. The lowest BCUT2D eigenvalue weighted by Gasteiger charge is -2.06. The van der Waals surface area contributed by atoms with Gasteiger partial charge in [0, 0.05) is 11.3 Å². The van der Waals surface area contributed by atoms with Gasteiger partial charge in [-0.1, -0.05) is 42.5 Å². The minimum Gasteiger partial charge on any atom is -0.489 e. The van der Waals surface area contributed by atoms with Gasteiger partial charge in [0.1, 0.15) is 23.4 Å². The van der Waals surface area contributed by atoms with Crippen molar-refractivity contribution in [2.75, 3.05) is 0 Å². The second-order valence-corrected chi connectivity index (χ2v) is 7.22. The summed E-state index contributed by atoms with van der Waals surface area (Å²) < 4.78 is 5.80. The summed E-state index contributed by atoms with van der Waals surface area (Å²) in [7, 11) is 0. The van der Waals surface area contributed by atoms with Crippen molar-refractivity contribution in [3.63, 3.8) is 0 Å². The van der Waals surface area contributed by atoms with E-state index in [0.29, 0.717) is 18.1 Å². The van der Waals surface area contributed by atoms with E-state index in [-0.39, 0.29) is 0 Å². The molecule has 4 rings (SSSR count). The van der Waals surface area contributed by atoms with E-state index in [1.807, 2.05) is 60.7 Å². The van der Waals surface area contributed by atoms with E-state index in [1.54, 1.807) is 11.3 Å². The molecule has 1 aliphatic carbocycles. The summed E-state index contributed by atoms with van der Waals surface area (Å²) in [6.07, 6.45) is 4.33. The number of rotatable bonds is 6. The molecule has 4 heteroatoms. The fourth-order valence-electron chi connectivity index (χ4n) is 2.69. The molecule has 1 heterocycles. The van der Waals surface area contributed by atoms with E-state index >= 15 is 0 Å². The minimum absolute atomic E-state index is 0.544. The fourth-order valence-corrected chi connectivity index (χ4v) is 3.55. The maximum Gasteiger partial charge on any atom is 0.134 e. The van der Waals surface area contributed by atoms with Crippen LogP contribution in [0.15, 0.2) is 60.0 Å². The Morgan fingerprint density at radius 1 is 1.15 bits per heavy atom. The first-order valence-corrected chi connectivity index (χ1v) is 9.54. The third-order valence-electron chi connectivity index (χ3n) is 4.31. The van der Waals surface area contributed by atoms with Crippen LogP contribution in [-0.4, -0.2) is 4.98 Å². The van der Waals surface area contributed by atoms with Crippen molar-refractivity contribution in [3.8, 4) is 11.8 Å². The zero-order valence-electron chi connectivity index (χ0n) is 14.3. The standard InChI is InChI=1S/C22H18N2OS/c23-13-19(22-24-21(15-26-22)18-8-9-18)12-16-6-10-20(11-7-16)25-14-17-4-2-1-3-5-17/h1-7,10-12,15,18H,8-9,14H2. The van der Waals surface area contributed by atoms with Gasteiger partial charge in [0.15, 0.2) is 0 Å². The Morgan fingerprint density at radius 3 is 2.62 bits per heavy atom. The van der Waals surface area contributed by atoms with Crippen LogP contribution < -0.4 is 4.74 Å². The number of nitriles is 1.